The summed E-state index contributed by atoms with van der Waals surface area (Å²) in [6.45, 7) is 5.78. The zero-order valence-electron chi connectivity index (χ0n) is 13.6. The molecule has 6 heteroatoms. The Balaban J connectivity index is 2.26. The number of benzene rings is 1. The van der Waals surface area contributed by atoms with Crippen LogP contribution in [0.3, 0.4) is 0 Å². The van der Waals surface area contributed by atoms with Gasteiger partial charge < -0.3 is 14.9 Å². The summed E-state index contributed by atoms with van der Waals surface area (Å²) in [5, 5.41) is 20.2. The third-order valence-electron chi connectivity index (χ3n) is 3.84. The van der Waals surface area contributed by atoms with Crippen molar-refractivity contribution in [1.29, 1.82) is 0 Å². The number of carbonyl (C=O) groups excluding carboxylic acids is 1. The predicted octanol–water partition coefficient (Wildman–Crippen LogP) is 1.74. The zero-order chi connectivity index (χ0) is 17.2. The van der Waals surface area contributed by atoms with Crippen molar-refractivity contribution in [1.82, 2.24) is 4.90 Å². The first-order valence-electron chi connectivity index (χ1n) is 7.70. The van der Waals surface area contributed by atoms with E-state index in [9.17, 15) is 15.0 Å². The maximum Gasteiger partial charge on any atom is 0.326 e. The van der Waals surface area contributed by atoms with E-state index >= 15 is 0 Å². The number of aliphatic hydroxyl groups excluding tert-OH is 2. The summed E-state index contributed by atoms with van der Waals surface area (Å²) in [5.74, 6) is -0.446. The van der Waals surface area contributed by atoms with Crippen LogP contribution in [-0.4, -0.2) is 55.4 Å². The fourth-order valence-corrected chi connectivity index (χ4v) is 3.87. The molecule has 0 unspecified atom stereocenters. The van der Waals surface area contributed by atoms with Crippen molar-refractivity contribution in [2.75, 3.05) is 6.61 Å². The predicted molar refractivity (Wildman–Crippen MR) is 96.3 cm³/mol. The SMILES string of the molecule is CC(C)(C)OC(=O)[C@@H]1[C@@H](O)[C@H](I)[C@@H](CO)N1Cc1ccccc1. The molecule has 1 aromatic rings. The first-order chi connectivity index (χ1) is 10.7. The smallest absolute Gasteiger partial charge is 0.326 e. The third-order valence-corrected chi connectivity index (χ3v) is 5.41. The van der Waals surface area contributed by atoms with E-state index in [1.807, 2.05) is 35.2 Å². The molecule has 5 nitrogen and oxygen atoms in total. The Bertz CT molecular complexity index is 531. The Kier molecular flexibility index (Phi) is 6.05. The Morgan fingerprint density at radius 2 is 1.91 bits per heavy atom. The van der Waals surface area contributed by atoms with E-state index < -0.39 is 23.7 Å². The maximum absolute atomic E-state index is 12.6. The lowest BCUT2D eigenvalue weighted by atomic mass is 10.1. The molecule has 0 radical (unpaired) electrons. The van der Waals surface area contributed by atoms with Gasteiger partial charge in [-0.1, -0.05) is 52.9 Å². The molecule has 1 aliphatic heterocycles. The summed E-state index contributed by atoms with van der Waals surface area (Å²) in [6, 6.07) is 8.66. The third kappa shape index (κ3) is 4.43. The lowest BCUT2D eigenvalue weighted by Crippen LogP contribution is -2.47. The molecule has 1 fully saturated rings. The van der Waals surface area contributed by atoms with Crippen LogP contribution in [0, 0.1) is 0 Å². The van der Waals surface area contributed by atoms with E-state index in [1.165, 1.54) is 0 Å². The summed E-state index contributed by atoms with van der Waals surface area (Å²) < 4.78 is 5.24. The Morgan fingerprint density at radius 1 is 1.30 bits per heavy atom. The van der Waals surface area contributed by atoms with Gasteiger partial charge in [-0.05, 0) is 26.3 Å². The van der Waals surface area contributed by atoms with E-state index in [-0.39, 0.29) is 16.6 Å². The Labute approximate surface area is 150 Å². The zero-order valence-corrected chi connectivity index (χ0v) is 15.8. The van der Waals surface area contributed by atoms with Crippen LogP contribution in [-0.2, 0) is 16.1 Å². The summed E-state index contributed by atoms with van der Waals surface area (Å²) >= 11 is 2.10. The van der Waals surface area contributed by atoms with Crippen molar-refractivity contribution in [3.05, 3.63) is 35.9 Å². The molecule has 1 aliphatic rings. The van der Waals surface area contributed by atoms with Gasteiger partial charge in [-0.25, -0.2) is 0 Å². The summed E-state index contributed by atoms with van der Waals surface area (Å²) in [5.41, 5.74) is 0.407. The monoisotopic (exact) mass is 433 g/mol. The molecule has 0 aliphatic carbocycles. The lowest BCUT2D eigenvalue weighted by molar-refractivity contribution is -0.164. The summed E-state index contributed by atoms with van der Waals surface area (Å²) in [6.07, 6.45) is -0.869. The lowest BCUT2D eigenvalue weighted by Gasteiger charge is -2.30. The second kappa shape index (κ2) is 7.46. The van der Waals surface area contributed by atoms with Crippen LogP contribution in [0.4, 0.5) is 0 Å². The molecule has 1 aromatic carbocycles. The molecule has 2 N–H and O–H groups in total. The molecule has 0 bridgehead atoms. The molecule has 1 heterocycles. The van der Waals surface area contributed by atoms with Gasteiger partial charge >= 0.3 is 5.97 Å². The minimum absolute atomic E-state index is 0.114. The van der Waals surface area contributed by atoms with E-state index in [0.29, 0.717) is 6.54 Å². The number of halogens is 1. The number of rotatable bonds is 4. The van der Waals surface area contributed by atoms with Crippen LogP contribution in [0.2, 0.25) is 0 Å². The molecule has 128 valence electrons. The number of nitrogens with zero attached hydrogens (tertiary/aromatic N) is 1. The van der Waals surface area contributed by atoms with Crippen LogP contribution in [0.1, 0.15) is 26.3 Å². The Morgan fingerprint density at radius 3 is 2.43 bits per heavy atom. The number of hydrogen-bond donors (Lipinski definition) is 2. The highest BCUT2D eigenvalue weighted by Gasteiger charge is 2.51. The van der Waals surface area contributed by atoms with E-state index in [1.54, 1.807) is 20.8 Å². The molecule has 0 amide bonds. The Hall–Kier alpha value is -0.700. The summed E-state index contributed by atoms with van der Waals surface area (Å²) in [4.78, 5) is 14.4. The highest BCUT2D eigenvalue weighted by Crippen LogP contribution is 2.33. The highest BCUT2D eigenvalue weighted by atomic mass is 127. The van der Waals surface area contributed by atoms with Gasteiger partial charge in [0.25, 0.3) is 0 Å². The first-order valence-corrected chi connectivity index (χ1v) is 8.94. The van der Waals surface area contributed by atoms with E-state index in [4.69, 9.17) is 4.74 Å². The van der Waals surface area contributed by atoms with Gasteiger partial charge in [0, 0.05) is 12.6 Å². The van der Waals surface area contributed by atoms with Crippen molar-refractivity contribution >= 4 is 28.6 Å². The van der Waals surface area contributed by atoms with Gasteiger partial charge in [-0.3, -0.25) is 9.69 Å². The molecule has 0 aromatic heterocycles. The standard InChI is InChI=1S/C17H24INO4/c1-17(2,3)23-16(22)14-15(21)13(18)12(10-20)19(14)9-11-7-5-4-6-8-11/h4-8,12-15,20-21H,9-10H2,1-3H3/t12-,13-,14+,15+/m1/s1. The van der Waals surface area contributed by atoms with Crippen molar-refractivity contribution in [2.45, 2.75) is 55.0 Å². The van der Waals surface area contributed by atoms with Gasteiger partial charge in [0.1, 0.15) is 11.6 Å². The van der Waals surface area contributed by atoms with Gasteiger partial charge in [0.2, 0.25) is 0 Å². The van der Waals surface area contributed by atoms with Crippen LogP contribution in [0.25, 0.3) is 0 Å². The molecular formula is C17H24INO4. The average molecular weight is 433 g/mol. The molecule has 0 saturated carbocycles. The van der Waals surface area contributed by atoms with Crippen molar-refractivity contribution < 1.29 is 19.7 Å². The van der Waals surface area contributed by atoms with Gasteiger partial charge in [0.05, 0.1) is 16.6 Å². The van der Waals surface area contributed by atoms with Crippen molar-refractivity contribution in [3.8, 4) is 0 Å². The molecule has 0 spiro atoms. The number of aliphatic hydroxyl groups is 2. The molecule has 23 heavy (non-hydrogen) atoms. The maximum atomic E-state index is 12.6. The second-order valence-electron chi connectivity index (χ2n) is 6.82. The average Bonchev–Trinajstić information content (AvgIpc) is 2.69. The minimum atomic E-state index is -0.869. The van der Waals surface area contributed by atoms with Crippen molar-refractivity contribution in [3.63, 3.8) is 0 Å². The van der Waals surface area contributed by atoms with Crippen molar-refractivity contribution in [2.24, 2.45) is 0 Å². The van der Waals surface area contributed by atoms with E-state index in [2.05, 4.69) is 22.6 Å². The molecule has 1 saturated heterocycles. The van der Waals surface area contributed by atoms with Gasteiger partial charge in [-0.15, -0.1) is 0 Å². The number of esters is 1. The molecular weight excluding hydrogens is 409 g/mol. The topological polar surface area (TPSA) is 70.0 Å². The minimum Gasteiger partial charge on any atom is -0.459 e. The number of likely N-dealkylation sites (tertiary alicyclic amines) is 1. The van der Waals surface area contributed by atoms with Crippen LogP contribution in [0.15, 0.2) is 30.3 Å². The fraction of sp³-hybridized carbons (Fsp3) is 0.588. The van der Waals surface area contributed by atoms with Gasteiger partial charge in [-0.2, -0.15) is 0 Å². The normalized spacial score (nSPS) is 28.8. The highest BCUT2D eigenvalue weighted by molar-refractivity contribution is 14.1. The molecule has 2 rings (SSSR count). The number of ether oxygens (including phenoxy) is 1. The van der Waals surface area contributed by atoms with E-state index in [0.717, 1.165) is 5.56 Å². The number of hydrogen-bond acceptors (Lipinski definition) is 5. The van der Waals surface area contributed by atoms with Crippen LogP contribution >= 0.6 is 22.6 Å². The first kappa shape index (κ1) is 18.6. The molecule has 4 atom stereocenters. The fourth-order valence-electron chi connectivity index (χ4n) is 2.84. The number of alkyl halides is 1. The largest absolute Gasteiger partial charge is 0.459 e. The number of carbonyl (C=O) groups is 1. The second-order valence-corrected chi connectivity index (χ2v) is 8.26. The quantitative estimate of drug-likeness (QED) is 0.430. The summed E-state index contributed by atoms with van der Waals surface area (Å²) in [7, 11) is 0. The van der Waals surface area contributed by atoms with Gasteiger partial charge in [0.15, 0.2) is 0 Å². The van der Waals surface area contributed by atoms with Crippen LogP contribution in [0.5, 0.6) is 0 Å². The van der Waals surface area contributed by atoms with Crippen LogP contribution < -0.4 is 0 Å².